The van der Waals surface area contributed by atoms with Gasteiger partial charge in [0.25, 0.3) is 12.0 Å². The summed E-state index contributed by atoms with van der Waals surface area (Å²) in [6.45, 7) is 0.412. The van der Waals surface area contributed by atoms with Crippen LogP contribution in [-0.2, 0) is 4.79 Å². The number of hydrogen-bond acceptors (Lipinski definition) is 4. The molecule has 0 saturated carbocycles. The summed E-state index contributed by atoms with van der Waals surface area (Å²) in [6.07, 6.45) is 0. The monoisotopic (exact) mass is 247 g/mol. The summed E-state index contributed by atoms with van der Waals surface area (Å²) in [7, 11) is 0. The molecule has 0 bridgehead atoms. The Morgan fingerprint density at radius 1 is 1.25 bits per heavy atom. The summed E-state index contributed by atoms with van der Waals surface area (Å²) in [5, 5.41) is 1.71. The molecule has 0 spiro atoms. The Morgan fingerprint density at radius 3 is 2.31 bits per heavy atom. The van der Waals surface area contributed by atoms with Crippen LogP contribution in [0.15, 0.2) is 46.6 Å². The Kier molecular flexibility index (Phi) is 8.84. The van der Waals surface area contributed by atoms with Crippen LogP contribution in [0.2, 0.25) is 0 Å². The molecule has 2 aromatic rings. The minimum absolute atomic E-state index is 0. The number of H-pyrrole nitrogens is 1. The largest absolute Gasteiger partial charge is 1.00 e. The molecular formula is C10H10NNaO3S. The normalized spacial score (nSPS) is 8.00. The second kappa shape index (κ2) is 9.35. The van der Waals surface area contributed by atoms with Gasteiger partial charge < -0.3 is 6.16 Å². The van der Waals surface area contributed by atoms with E-state index < -0.39 is 0 Å². The van der Waals surface area contributed by atoms with Crippen LogP contribution in [0.3, 0.4) is 0 Å². The van der Waals surface area contributed by atoms with E-state index >= 15 is 0 Å². The number of carbonyl (C=O) groups is 1. The van der Waals surface area contributed by atoms with E-state index in [0.29, 0.717) is 12.2 Å². The third-order valence-electron chi connectivity index (χ3n) is 1.37. The fourth-order valence-electron chi connectivity index (χ4n) is 0.777. The molecule has 0 saturated heterocycles. The van der Waals surface area contributed by atoms with Gasteiger partial charge >= 0.3 is 29.6 Å². The molecule has 0 unspecified atom stereocenters. The van der Waals surface area contributed by atoms with Crippen LogP contribution < -0.4 is 39.9 Å². The van der Waals surface area contributed by atoms with Crippen molar-refractivity contribution in [3.63, 3.8) is 0 Å². The summed E-state index contributed by atoms with van der Waals surface area (Å²) < 4.78 is 7.01. The number of para-hydroxylation sites is 1. The topological polar surface area (TPSA) is 59.2 Å². The fraction of sp³-hybridized carbons (Fsp3) is 0. The fourth-order valence-corrected chi connectivity index (χ4v) is 1.22. The van der Waals surface area contributed by atoms with Crippen LogP contribution in [0.1, 0.15) is 1.43 Å². The van der Waals surface area contributed by atoms with Crippen molar-refractivity contribution in [3.8, 4) is 5.75 Å². The molecule has 0 atom stereocenters. The first-order chi connectivity index (χ1) is 7.33. The maximum absolute atomic E-state index is 10.0. The average molecular weight is 247 g/mol. The first-order valence-electron chi connectivity index (χ1n) is 4.10. The molecule has 0 aliphatic rings. The predicted octanol–water partition coefficient (Wildman–Crippen LogP) is -1.23. The number of aromatic nitrogens is 1. The van der Waals surface area contributed by atoms with Gasteiger partial charge in [-0.3, -0.25) is 14.0 Å². The number of aromatic amines is 1. The van der Waals surface area contributed by atoms with Gasteiger partial charge in [0, 0.05) is 11.4 Å². The Balaban J connectivity index is 0. The van der Waals surface area contributed by atoms with E-state index in [4.69, 9.17) is 0 Å². The Morgan fingerprint density at radius 2 is 1.94 bits per heavy atom. The molecular weight excluding hydrogens is 237 g/mol. The number of hydrogen-bond donors (Lipinski definition) is 1. The minimum Gasteiger partial charge on any atom is -1.00 e. The van der Waals surface area contributed by atoms with Gasteiger partial charge in [-0.2, -0.15) is 0 Å². The van der Waals surface area contributed by atoms with Crippen molar-refractivity contribution in [2.45, 2.75) is 0 Å². The van der Waals surface area contributed by atoms with E-state index in [2.05, 4.69) is 9.11 Å². The van der Waals surface area contributed by atoms with Gasteiger partial charge in [0.05, 0.1) is 0 Å². The molecule has 0 aliphatic heterocycles. The van der Waals surface area contributed by atoms with Crippen LogP contribution >= 0.6 is 11.5 Å². The average Bonchev–Trinajstić information content (AvgIpc) is 2.72. The smallest absolute Gasteiger partial charge is 1.00 e. The van der Waals surface area contributed by atoms with Gasteiger partial charge in [0.15, 0.2) is 0 Å². The summed E-state index contributed by atoms with van der Waals surface area (Å²) in [6, 6.07) is 10.4. The molecule has 1 aromatic carbocycles. The third kappa shape index (κ3) is 6.58. The van der Waals surface area contributed by atoms with E-state index in [1.807, 2.05) is 6.07 Å². The van der Waals surface area contributed by atoms with E-state index in [1.165, 1.54) is 17.6 Å². The molecule has 1 heterocycles. The van der Waals surface area contributed by atoms with Gasteiger partial charge in [-0.25, -0.2) is 0 Å². The zero-order valence-electron chi connectivity index (χ0n) is 9.75. The first kappa shape index (κ1) is 15.1. The predicted molar refractivity (Wildman–Crippen MR) is 59.2 cm³/mol. The second-order valence-electron chi connectivity index (χ2n) is 2.41. The summed E-state index contributed by atoms with van der Waals surface area (Å²) >= 11 is 1.30. The molecule has 80 valence electrons. The Hall–Kier alpha value is -0.880. The van der Waals surface area contributed by atoms with Crippen molar-refractivity contribution in [1.29, 1.82) is 0 Å². The maximum atomic E-state index is 10.0. The molecule has 1 N–H and O–H groups in total. The van der Waals surface area contributed by atoms with Crippen LogP contribution in [0.4, 0.5) is 0 Å². The summed E-state index contributed by atoms with van der Waals surface area (Å²) in [5.41, 5.74) is -0.0139. The van der Waals surface area contributed by atoms with Crippen molar-refractivity contribution in [2.24, 2.45) is 0 Å². The second-order valence-corrected chi connectivity index (χ2v) is 3.13. The van der Waals surface area contributed by atoms with Crippen molar-refractivity contribution in [1.82, 2.24) is 4.37 Å². The quantitative estimate of drug-likeness (QED) is 0.534. The van der Waals surface area contributed by atoms with Crippen molar-refractivity contribution < 1.29 is 40.5 Å². The van der Waals surface area contributed by atoms with Crippen LogP contribution in [0.25, 0.3) is 0 Å². The van der Waals surface area contributed by atoms with Crippen LogP contribution in [0.5, 0.6) is 5.75 Å². The maximum Gasteiger partial charge on any atom is 1.00 e. The molecule has 6 heteroatoms. The van der Waals surface area contributed by atoms with Crippen LogP contribution in [0, 0.1) is 0 Å². The third-order valence-corrected chi connectivity index (χ3v) is 1.97. The van der Waals surface area contributed by atoms with Crippen molar-refractivity contribution in [2.75, 3.05) is 0 Å². The van der Waals surface area contributed by atoms with Crippen molar-refractivity contribution >= 4 is 18.0 Å². The SMILES string of the molecule is O=COc1ccccc1.O=c1ccs[nH]1.[H-].[Na+]. The van der Waals surface area contributed by atoms with E-state index in [-0.39, 0.29) is 36.5 Å². The van der Waals surface area contributed by atoms with E-state index in [9.17, 15) is 9.59 Å². The number of benzene rings is 1. The molecule has 0 fully saturated rings. The molecule has 0 radical (unpaired) electrons. The number of ether oxygens (including phenoxy) is 1. The van der Waals surface area contributed by atoms with E-state index in [1.54, 1.807) is 29.6 Å². The van der Waals surface area contributed by atoms with E-state index in [0.717, 1.165) is 0 Å². The number of rotatable bonds is 2. The molecule has 16 heavy (non-hydrogen) atoms. The first-order valence-corrected chi connectivity index (χ1v) is 4.98. The van der Waals surface area contributed by atoms with Gasteiger partial charge in [0.2, 0.25) is 0 Å². The minimum atomic E-state index is -0.0139. The number of nitrogens with one attached hydrogen (secondary N) is 1. The molecule has 0 amide bonds. The Labute approximate surface area is 120 Å². The zero-order valence-corrected chi connectivity index (χ0v) is 11.6. The molecule has 1 aromatic heterocycles. The Bertz CT molecular complexity index is 429. The van der Waals surface area contributed by atoms with Crippen LogP contribution in [-0.4, -0.2) is 10.8 Å². The standard InChI is InChI=1S/C7H6O2.C3H3NOS.Na.H/c8-6-9-7-4-2-1-3-5-7;5-3-1-2-6-4-3;;/h1-6H;1-2H,(H,4,5);;/q;;+1;-1. The van der Waals surface area contributed by atoms with Gasteiger partial charge in [-0.1, -0.05) is 29.7 Å². The summed E-state index contributed by atoms with van der Waals surface area (Å²) in [4.78, 5) is 19.8. The van der Waals surface area contributed by atoms with Gasteiger partial charge in [-0.15, -0.1) is 0 Å². The summed E-state index contributed by atoms with van der Waals surface area (Å²) in [5.74, 6) is 0.576. The van der Waals surface area contributed by atoms with Gasteiger partial charge in [-0.05, 0) is 12.1 Å². The number of carbonyl (C=O) groups excluding carboxylic acids is 1. The molecule has 2 rings (SSSR count). The van der Waals surface area contributed by atoms with Gasteiger partial charge in [0.1, 0.15) is 5.75 Å². The molecule has 0 aliphatic carbocycles. The molecule has 4 nitrogen and oxygen atoms in total. The van der Waals surface area contributed by atoms with Crippen molar-refractivity contribution in [3.05, 3.63) is 52.1 Å². The zero-order chi connectivity index (χ0) is 10.9.